The maximum atomic E-state index is 11.9. The molecule has 0 spiro atoms. The Balaban J connectivity index is 0.00000264. The first-order chi connectivity index (χ1) is 10.3. The van der Waals surface area contributed by atoms with Crippen LogP contribution in [0.2, 0.25) is 0 Å². The summed E-state index contributed by atoms with van der Waals surface area (Å²) in [4.78, 5) is 11.9. The van der Waals surface area contributed by atoms with E-state index in [1.54, 1.807) is 0 Å². The Labute approximate surface area is 144 Å². The van der Waals surface area contributed by atoms with E-state index in [0.29, 0.717) is 6.42 Å². The zero-order valence-electron chi connectivity index (χ0n) is 13.8. The van der Waals surface area contributed by atoms with Crippen LogP contribution in [0.5, 0.6) is 0 Å². The van der Waals surface area contributed by atoms with Crippen molar-refractivity contribution >= 4 is 18.4 Å². The van der Waals surface area contributed by atoms with Gasteiger partial charge in [0.05, 0.1) is 0 Å². The lowest BCUT2D eigenvalue weighted by atomic mass is 10.0. The molecule has 2 N–H and O–H groups in total. The van der Waals surface area contributed by atoms with E-state index in [0.717, 1.165) is 11.1 Å². The van der Waals surface area contributed by atoms with Gasteiger partial charge >= 0.3 is 5.97 Å². The maximum Gasteiger partial charge on any atom is 0.323 e. The number of nitrogens with two attached hydrogens (primary N) is 1. The van der Waals surface area contributed by atoms with Gasteiger partial charge in [-0.05, 0) is 43.9 Å². The molecule has 0 saturated carbocycles. The Hall–Kier alpha value is -1.84. The molecule has 0 saturated heterocycles. The number of hydrogen-bond acceptors (Lipinski definition) is 3. The molecule has 0 bridgehead atoms. The molecule has 0 aliphatic carbocycles. The summed E-state index contributed by atoms with van der Waals surface area (Å²) < 4.78 is 5.30. The number of halogens is 1. The zero-order valence-corrected chi connectivity index (χ0v) is 14.6. The van der Waals surface area contributed by atoms with Gasteiger partial charge in [0.15, 0.2) is 0 Å². The molecule has 124 valence electrons. The first kappa shape index (κ1) is 19.2. The van der Waals surface area contributed by atoms with Gasteiger partial charge in [-0.15, -0.1) is 12.4 Å². The van der Waals surface area contributed by atoms with Crippen molar-refractivity contribution in [3.8, 4) is 11.1 Å². The highest BCUT2D eigenvalue weighted by Gasteiger charge is 2.22. The maximum absolute atomic E-state index is 11.9. The highest BCUT2D eigenvalue weighted by atomic mass is 35.5. The lowest BCUT2D eigenvalue weighted by molar-refractivity contribution is -0.156. The fourth-order valence-corrected chi connectivity index (χ4v) is 2.18. The molecule has 1 atom stereocenters. The lowest BCUT2D eigenvalue weighted by Gasteiger charge is -2.22. The highest BCUT2D eigenvalue weighted by molar-refractivity contribution is 5.85. The second kappa shape index (κ2) is 8.14. The Morgan fingerprint density at radius 2 is 1.52 bits per heavy atom. The standard InChI is InChI=1S/C19H23NO2.ClH/c1-19(2,3)22-18(21)17(20)13-14-9-11-16(12-10-14)15-7-5-4-6-8-15;/h4-12,17H,13,20H2,1-3H3;1H. The Bertz CT molecular complexity index is 618. The summed E-state index contributed by atoms with van der Waals surface area (Å²) in [6, 6.07) is 17.6. The van der Waals surface area contributed by atoms with E-state index in [9.17, 15) is 4.79 Å². The van der Waals surface area contributed by atoms with Crippen molar-refractivity contribution in [2.45, 2.75) is 38.8 Å². The van der Waals surface area contributed by atoms with Gasteiger partial charge in [0.1, 0.15) is 11.6 Å². The second-order valence-electron chi connectivity index (χ2n) is 6.41. The minimum atomic E-state index is -0.637. The van der Waals surface area contributed by atoms with E-state index in [-0.39, 0.29) is 18.4 Å². The van der Waals surface area contributed by atoms with Crippen LogP contribution >= 0.6 is 12.4 Å². The van der Waals surface area contributed by atoms with Crippen molar-refractivity contribution in [3.63, 3.8) is 0 Å². The van der Waals surface area contributed by atoms with Crippen LogP contribution in [0.15, 0.2) is 54.6 Å². The summed E-state index contributed by atoms with van der Waals surface area (Å²) in [6.45, 7) is 5.52. The average Bonchev–Trinajstić information content (AvgIpc) is 2.47. The number of carbonyl (C=O) groups is 1. The molecule has 0 fully saturated rings. The third-order valence-electron chi connectivity index (χ3n) is 3.23. The molecular weight excluding hydrogens is 310 g/mol. The van der Waals surface area contributed by atoms with E-state index in [2.05, 4.69) is 12.1 Å². The van der Waals surface area contributed by atoms with Crippen LogP contribution in [0.1, 0.15) is 26.3 Å². The summed E-state index contributed by atoms with van der Waals surface area (Å²) in [5, 5.41) is 0. The molecule has 4 heteroatoms. The predicted molar refractivity (Wildman–Crippen MR) is 96.7 cm³/mol. The van der Waals surface area contributed by atoms with Crippen LogP contribution < -0.4 is 5.73 Å². The number of hydrogen-bond donors (Lipinski definition) is 1. The Morgan fingerprint density at radius 3 is 2.04 bits per heavy atom. The van der Waals surface area contributed by atoms with E-state index >= 15 is 0 Å². The fraction of sp³-hybridized carbons (Fsp3) is 0.316. The van der Waals surface area contributed by atoms with Gasteiger partial charge in [0, 0.05) is 0 Å². The van der Waals surface area contributed by atoms with E-state index < -0.39 is 11.6 Å². The number of esters is 1. The van der Waals surface area contributed by atoms with Crippen molar-refractivity contribution in [1.82, 2.24) is 0 Å². The molecule has 1 unspecified atom stereocenters. The third-order valence-corrected chi connectivity index (χ3v) is 3.23. The highest BCUT2D eigenvalue weighted by Crippen LogP contribution is 2.20. The van der Waals surface area contributed by atoms with E-state index in [1.807, 2.05) is 63.2 Å². The Morgan fingerprint density at radius 1 is 1.00 bits per heavy atom. The van der Waals surface area contributed by atoms with Crippen molar-refractivity contribution in [2.75, 3.05) is 0 Å². The number of rotatable bonds is 4. The summed E-state index contributed by atoms with van der Waals surface area (Å²) >= 11 is 0. The van der Waals surface area contributed by atoms with Crippen molar-refractivity contribution in [1.29, 1.82) is 0 Å². The smallest absolute Gasteiger partial charge is 0.323 e. The molecule has 2 aromatic carbocycles. The van der Waals surface area contributed by atoms with Crippen molar-refractivity contribution in [3.05, 3.63) is 60.2 Å². The molecule has 0 aliphatic rings. The molecule has 3 nitrogen and oxygen atoms in total. The van der Waals surface area contributed by atoms with Gasteiger partial charge in [0.25, 0.3) is 0 Å². The van der Waals surface area contributed by atoms with E-state index in [1.165, 1.54) is 5.56 Å². The fourth-order valence-electron chi connectivity index (χ4n) is 2.18. The van der Waals surface area contributed by atoms with Crippen LogP contribution in [0, 0.1) is 0 Å². The van der Waals surface area contributed by atoms with Crippen LogP contribution in [0.4, 0.5) is 0 Å². The molecule has 23 heavy (non-hydrogen) atoms. The van der Waals surface area contributed by atoms with Crippen LogP contribution in [-0.2, 0) is 16.0 Å². The topological polar surface area (TPSA) is 52.3 Å². The summed E-state index contributed by atoms with van der Waals surface area (Å²) in [7, 11) is 0. The minimum absolute atomic E-state index is 0. The number of benzene rings is 2. The third kappa shape index (κ3) is 6.05. The monoisotopic (exact) mass is 333 g/mol. The number of ether oxygens (including phenoxy) is 1. The molecule has 0 heterocycles. The summed E-state index contributed by atoms with van der Waals surface area (Å²) in [5.41, 5.74) is 8.77. The first-order valence-electron chi connectivity index (χ1n) is 7.48. The van der Waals surface area contributed by atoms with Crippen LogP contribution in [0.25, 0.3) is 11.1 Å². The SMILES string of the molecule is CC(C)(C)OC(=O)C(N)Cc1ccc(-c2ccccc2)cc1.Cl. The van der Waals surface area contributed by atoms with Crippen molar-refractivity contribution < 1.29 is 9.53 Å². The zero-order chi connectivity index (χ0) is 16.2. The van der Waals surface area contributed by atoms with Gasteiger partial charge in [-0.2, -0.15) is 0 Å². The molecule has 2 aromatic rings. The molecule has 0 radical (unpaired) electrons. The molecule has 0 amide bonds. The molecule has 0 aromatic heterocycles. The van der Waals surface area contributed by atoms with Gasteiger partial charge < -0.3 is 10.5 Å². The van der Waals surface area contributed by atoms with Gasteiger partial charge in [-0.3, -0.25) is 4.79 Å². The second-order valence-corrected chi connectivity index (χ2v) is 6.41. The molecular formula is C19H24ClNO2. The predicted octanol–water partition coefficient (Wildman–Crippen LogP) is 3.99. The quantitative estimate of drug-likeness (QED) is 0.861. The summed E-state index contributed by atoms with van der Waals surface area (Å²) in [6.07, 6.45) is 0.476. The van der Waals surface area contributed by atoms with Gasteiger partial charge in [-0.1, -0.05) is 54.6 Å². The normalized spacial score (nSPS) is 12.2. The first-order valence-corrected chi connectivity index (χ1v) is 7.48. The number of carbonyl (C=O) groups excluding carboxylic acids is 1. The lowest BCUT2D eigenvalue weighted by Crippen LogP contribution is -2.38. The van der Waals surface area contributed by atoms with E-state index in [4.69, 9.17) is 10.5 Å². The molecule has 2 rings (SSSR count). The molecule has 0 aliphatic heterocycles. The minimum Gasteiger partial charge on any atom is -0.459 e. The largest absolute Gasteiger partial charge is 0.459 e. The van der Waals surface area contributed by atoms with Gasteiger partial charge in [-0.25, -0.2) is 0 Å². The van der Waals surface area contributed by atoms with Crippen LogP contribution in [-0.4, -0.2) is 17.6 Å². The van der Waals surface area contributed by atoms with Crippen molar-refractivity contribution in [2.24, 2.45) is 5.73 Å². The summed E-state index contributed by atoms with van der Waals surface area (Å²) in [5.74, 6) is -0.361. The Kier molecular flexibility index (Phi) is 6.79. The van der Waals surface area contributed by atoms with Gasteiger partial charge in [0.2, 0.25) is 0 Å². The van der Waals surface area contributed by atoms with Crippen LogP contribution in [0.3, 0.4) is 0 Å². The average molecular weight is 334 g/mol.